The normalized spacial score (nSPS) is 47.6. The number of aliphatic carboxylic acids is 1. The van der Waals surface area contributed by atoms with Gasteiger partial charge in [-0.1, -0.05) is 20.8 Å². The third kappa shape index (κ3) is 4.48. The van der Waals surface area contributed by atoms with Crippen molar-refractivity contribution in [3.05, 3.63) is 0 Å². The molecule has 4 rings (SSSR count). The Morgan fingerprint density at radius 2 is 1.69 bits per heavy atom. The molecule has 0 heterocycles. The number of Topliss-reactive ketones (excluding diaryl/α,β-unsaturated/α-hetero) is 1. The Morgan fingerprint density at radius 3 is 2.31 bits per heavy atom. The number of hydrogen-bond donors (Lipinski definition) is 6. The van der Waals surface area contributed by atoms with Crippen molar-refractivity contribution in [2.45, 2.75) is 90.4 Å². The van der Waals surface area contributed by atoms with Crippen LogP contribution >= 0.6 is 0 Å². The maximum atomic E-state index is 13.3. The molecule has 4 saturated carbocycles. The number of carboxylic acids is 1. The first-order valence-corrected chi connectivity index (χ1v) is 13.4. The molecule has 8 nitrogen and oxygen atoms in total. The van der Waals surface area contributed by atoms with Crippen molar-refractivity contribution in [1.82, 2.24) is 11.5 Å². The molecule has 0 aliphatic heterocycles. The molecule has 0 bridgehead atoms. The molecule has 0 saturated heterocycles. The van der Waals surface area contributed by atoms with Crippen molar-refractivity contribution in [2.75, 3.05) is 13.6 Å². The molecule has 0 aromatic rings. The number of hydrogen-bond acceptors (Lipinski definition) is 7. The van der Waals surface area contributed by atoms with Crippen LogP contribution in [0.1, 0.15) is 72.1 Å². The average molecular weight is 497 g/mol. The molecular formula is C27H48N2O6. The van der Waals surface area contributed by atoms with Crippen LogP contribution in [0.25, 0.3) is 0 Å². The molecule has 0 amide bonds. The van der Waals surface area contributed by atoms with Crippen molar-refractivity contribution < 1.29 is 30.0 Å². The van der Waals surface area contributed by atoms with E-state index in [1.165, 1.54) is 0 Å². The SMILES string of the molecule is CNCC(=O)C1C[C@@H](O)C[C@H]2C[C@@H](O)C3C(C[C@H](O)[C@@]4(C)C3CC[C@@H]4[C@H](C)CCC(=O)O)[C@@]12C.N. The Balaban J connectivity index is 0.00000342. The Kier molecular flexibility index (Phi) is 8.44. The van der Waals surface area contributed by atoms with E-state index in [0.29, 0.717) is 32.1 Å². The topological polar surface area (TPSA) is 162 Å². The molecule has 4 unspecified atom stereocenters. The van der Waals surface area contributed by atoms with E-state index in [9.17, 15) is 30.0 Å². The second-order valence-electron chi connectivity index (χ2n) is 12.5. The number of carbonyl (C=O) groups excluding carboxylic acids is 1. The molecule has 202 valence electrons. The number of aliphatic hydroxyl groups excluding tert-OH is 3. The number of likely N-dealkylation sites (N-methyl/N-ethyl adjacent to an activating group) is 1. The Hall–Kier alpha value is -1.06. The lowest BCUT2D eigenvalue weighted by molar-refractivity contribution is -0.221. The number of fused-ring (bicyclic) bond motifs is 5. The quantitative estimate of drug-likeness (QED) is 0.313. The first-order chi connectivity index (χ1) is 16.0. The number of carboxylic acid groups (broad SMARTS) is 1. The lowest BCUT2D eigenvalue weighted by Gasteiger charge is -2.65. The summed E-state index contributed by atoms with van der Waals surface area (Å²) >= 11 is 0. The van der Waals surface area contributed by atoms with E-state index in [-0.39, 0.29) is 77.2 Å². The third-order valence-electron chi connectivity index (χ3n) is 11.2. The second kappa shape index (κ2) is 10.4. The minimum Gasteiger partial charge on any atom is -0.481 e. The smallest absolute Gasteiger partial charge is 0.303 e. The van der Waals surface area contributed by atoms with Crippen LogP contribution in [0.5, 0.6) is 0 Å². The summed E-state index contributed by atoms with van der Waals surface area (Å²) in [6.07, 6.45) is 3.24. The van der Waals surface area contributed by atoms with E-state index in [0.717, 1.165) is 12.8 Å². The Labute approximate surface area is 209 Å². The predicted molar refractivity (Wildman–Crippen MR) is 133 cm³/mol. The van der Waals surface area contributed by atoms with E-state index in [1.54, 1.807) is 7.05 Å². The highest BCUT2D eigenvalue weighted by molar-refractivity contribution is 5.84. The molecule has 8 N–H and O–H groups in total. The molecule has 0 spiro atoms. The van der Waals surface area contributed by atoms with Gasteiger partial charge in [-0.25, -0.2) is 0 Å². The van der Waals surface area contributed by atoms with Gasteiger partial charge in [0.25, 0.3) is 0 Å². The zero-order valence-electron chi connectivity index (χ0n) is 21.9. The highest BCUT2D eigenvalue weighted by Gasteiger charge is 2.67. The minimum atomic E-state index is -0.783. The molecule has 0 aromatic carbocycles. The fourth-order valence-electron chi connectivity index (χ4n) is 9.57. The minimum absolute atomic E-state index is 0. The van der Waals surface area contributed by atoms with Gasteiger partial charge < -0.3 is 31.9 Å². The van der Waals surface area contributed by atoms with Gasteiger partial charge in [-0.3, -0.25) is 9.59 Å². The van der Waals surface area contributed by atoms with Crippen molar-refractivity contribution in [2.24, 2.45) is 52.3 Å². The van der Waals surface area contributed by atoms with Gasteiger partial charge in [0.05, 0.1) is 24.9 Å². The van der Waals surface area contributed by atoms with Crippen molar-refractivity contribution >= 4 is 11.8 Å². The molecule has 4 aliphatic carbocycles. The molecule has 0 aromatic heterocycles. The zero-order valence-corrected chi connectivity index (χ0v) is 21.9. The zero-order chi connectivity index (χ0) is 25.0. The summed E-state index contributed by atoms with van der Waals surface area (Å²) in [5.41, 5.74) is -0.714. The lowest BCUT2D eigenvalue weighted by atomic mass is 9.40. The fraction of sp³-hybridized carbons (Fsp3) is 0.926. The number of carbonyl (C=O) groups is 2. The molecule has 4 fully saturated rings. The van der Waals surface area contributed by atoms with Gasteiger partial charge >= 0.3 is 5.97 Å². The highest BCUT2D eigenvalue weighted by Crippen LogP contribution is 2.69. The lowest BCUT2D eigenvalue weighted by Crippen LogP contribution is -2.65. The van der Waals surface area contributed by atoms with Gasteiger partial charge in [-0.15, -0.1) is 0 Å². The third-order valence-corrected chi connectivity index (χ3v) is 11.2. The van der Waals surface area contributed by atoms with Gasteiger partial charge in [0.2, 0.25) is 0 Å². The summed E-state index contributed by atoms with van der Waals surface area (Å²) in [5, 5.41) is 46.0. The van der Waals surface area contributed by atoms with Crippen LogP contribution in [0.2, 0.25) is 0 Å². The summed E-state index contributed by atoms with van der Waals surface area (Å²) in [7, 11) is 1.77. The van der Waals surface area contributed by atoms with Crippen LogP contribution < -0.4 is 11.5 Å². The van der Waals surface area contributed by atoms with E-state index >= 15 is 0 Å². The molecular weight excluding hydrogens is 448 g/mol. The van der Waals surface area contributed by atoms with Crippen LogP contribution in [0.3, 0.4) is 0 Å². The standard InChI is InChI=1S/C27H45NO6.H3N/c1-14(5-8-24(33)34)17-6-7-18-25-20(12-23(32)27(17,18)3)26(2)15(10-21(25)30)9-16(29)11-19(26)22(31)13-28-4;/h14-21,23,25,28-30,32H,5-13H2,1-4H3,(H,33,34);1H3/t14-,15+,16+,17-,18?,19?,20?,21-,23+,25?,26-,27-;/m1./s1. The second-order valence-corrected chi connectivity index (χ2v) is 12.5. The van der Waals surface area contributed by atoms with Gasteiger partial charge in [-0.2, -0.15) is 0 Å². The Bertz CT molecular complexity index is 794. The molecule has 35 heavy (non-hydrogen) atoms. The van der Waals surface area contributed by atoms with Gasteiger partial charge in [0.15, 0.2) is 0 Å². The van der Waals surface area contributed by atoms with E-state index in [2.05, 4.69) is 26.1 Å². The van der Waals surface area contributed by atoms with Gasteiger partial charge in [0, 0.05) is 12.3 Å². The monoisotopic (exact) mass is 496 g/mol. The van der Waals surface area contributed by atoms with Crippen molar-refractivity contribution in [1.29, 1.82) is 0 Å². The number of ketones is 1. The summed E-state index contributed by atoms with van der Waals surface area (Å²) in [6.45, 7) is 6.75. The van der Waals surface area contributed by atoms with Crippen molar-refractivity contribution in [3.8, 4) is 0 Å². The summed E-state index contributed by atoms with van der Waals surface area (Å²) < 4.78 is 0. The van der Waals surface area contributed by atoms with E-state index < -0.39 is 24.3 Å². The van der Waals surface area contributed by atoms with Gasteiger partial charge in [0.1, 0.15) is 5.78 Å². The maximum absolute atomic E-state index is 13.3. The molecule has 8 heteroatoms. The highest BCUT2D eigenvalue weighted by atomic mass is 16.4. The number of rotatable bonds is 7. The van der Waals surface area contributed by atoms with Crippen LogP contribution in [0.15, 0.2) is 0 Å². The summed E-state index contributed by atoms with van der Waals surface area (Å²) in [5.74, 6) is -0.270. The first kappa shape index (κ1) is 28.5. The predicted octanol–water partition coefficient (Wildman–Crippen LogP) is 2.63. The van der Waals surface area contributed by atoms with Gasteiger partial charge in [-0.05, 0) is 98.3 Å². The Morgan fingerprint density at radius 1 is 1.00 bits per heavy atom. The first-order valence-electron chi connectivity index (χ1n) is 13.4. The molecule has 12 atom stereocenters. The molecule has 4 aliphatic rings. The largest absolute Gasteiger partial charge is 0.481 e. The van der Waals surface area contributed by atoms with Crippen LogP contribution in [0.4, 0.5) is 0 Å². The molecule has 0 radical (unpaired) electrons. The van der Waals surface area contributed by atoms with Crippen LogP contribution in [0, 0.1) is 52.3 Å². The van der Waals surface area contributed by atoms with Crippen LogP contribution in [-0.2, 0) is 9.59 Å². The maximum Gasteiger partial charge on any atom is 0.303 e. The van der Waals surface area contributed by atoms with Crippen molar-refractivity contribution in [3.63, 3.8) is 0 Å². The average Bonchev–Trinajstić information content (AvgIpc) is 3.12. The summed E-state index contributed by atoms with van der Waals surface area (Å²) in [6, 6.07) is 0. The number of aliphatic hydroxyl groups is 3. The van der Waals surface area contributed by atoms with E-state index in [1.807, 2.05) is 0 Å². The van der Waals surface area contributed by atoms with Crippen LogP contribution in [-0.4, -0.2) is 64.1 Å². The summed E-state index contributed by atoms with van der Waals surface area (Å²) in [4.78, 5) is 24.4. The number of nitrogens with one attached hydrogen (secondary N) is 1. The fourth-order valence-corrected chi connectivity index (χ4v) is 9.57. The van der Waals surface area contributed by atoms with E-state index in [4.69, 9.17) is 0 Å².